The van der Waals surface area contributed by atoms with Gasteiger partial charge in [0, 0.05) is 43.8 Å². The van der Waals surface area contributed by atoms with E-state index in [1.165, 1.54) is 0 Å². The smallest absolute Gasteiger partial charge is 0.324 e. The first-order valence-electron chi connectivity index (χ1n) is 38.0. The van der Waals surface area contributed by atoms with Crippen LogP contribution < -0.4 is 0 Å². The number of rotatable bonds is 48. The predicted molar refractivity (Wildman–Crippen MR) is 433 cm³/mol. The molecule has 0 amide bonds. The summed E-state index contributed by atoms with van der Waals surface area (Å²) in [5, 5.41) is 1.33. The highest BCUT2D eigenvalue weighted by atomic mass is 31.2. The van der Waals surface area contributed by atoms with Crippen LogP contribution >= 0.6 is 60.8 Å². The summed E-state index contributed by atoms with van der Waals surface area (Å²) in [4.78, 5) is 39.1. The van der Waals surface area contributed by atoms with E-state index in [1.54, 1.807) is 159 Å². The lowest BCUT2D eigenvalue weighted by molar-refractivity contribution is 0.217. The Balaban J connectivity index is 1.58. The van der Waals surface area contributed by atoms with Crippen molar-refractivity contribution >= 4 is 105 Å². The number of hydrogen-bond donors (Lipinski definition) is 2. The molecule has 7 aromatic rings. The summed E-state index contributed by atoms with van der Waals surface area (Å²) >= 11 is 0. The van der Waals surface area contributed by atoms with Crippen molar-refractivity contribution in [2.75, 3.05) is 106 Å². The van der Waals surface area contributed by atoms with E-state index < -0.39 is 60.8 Å². The molecule has 40 heteroatoms. The highest BCUT2D eigenvalue weighted by Crippen LogP contribution is 2.62. The molecule has 0 saturated carbocycles. The Morgan fingerprint density at radius 3 is 0.455 bits per heavy atom. The average molecular weight is 1720 g/mol. The monoisotopic (exact) mass is 1710 g/mol. The van der Waals surface area contributed by atoms with Gasteiger partial charge in [0.1, 0.15) is 22.6 Å². The van der Waals surface area contributed by atoms with Gasteiger partial charge >= 0.3 is 60.8 Å². The fourth-order valence-corrected chi connectivity index (χ4v) is 27.4. The van der Waals surface area contributed by atoms with Crippen molar-refractivity contribution in [2.45, 2.75) is 160 Å². The standard InChI is InChI=1S/C72H106N8O24P8/c1-17-89-105(81,90-18-2)41-49-33-57-58(34-50(49)42-106(82,91-19-3)92-20-4)66-73-65(57)77-67-59-35-51(43-107(83,93-21-5)94-22-6)52(44-108(84,95-23-7)96-24-8)36-60(59)69(74-67)79-71-63-39-55(47-111(87,101-29-13)102-30-14)56(48-112(88,103-31-15)104-32-16)40-64(63)72(76-71)80-70-62-38-54(46-110(86,99-27-11)100-28-12)53(37-61(62)68(75-70)78-66)45-109(85,97-25-9)98-26-10/h33-40H,17-32,41-48H2,1-16H3,(H2,73,74,75,76,77,78,79,80). The van der Waals surface area contributed by atoms with Gasteiger partial charge in [0.15, 0.2) is 23.3 Å². The molecule has 0 atom stereocenters. The molecule has 8 bridgehead atoms. The Morgan fingerprint density at radius 1 is 0.205 bits per heavy atom. The van der Waals surface area contributed by atoms with Gasteiger partial charge in [-0.1, -0.05) is 0 Å². The molecule has 9 rings (SSSR count). The minimum atomic E-state index is -4.01. The number of fused-ring (bicyclic) bond motifs is 20. The average Bonchev–Trinajstić information content (AvgIpc) is 1.59. The molecule has 4 aromatic carbocycles. The zero-order valence-corrected chi connectivity index (χ0v) is 73.8. The fourth-order valence-electron chi connectivity index (χ4n) is 13.4. The third-order valence-corrected chi connectivity index (χ3v) is 33.5. The summed E-state index contributed by atoms with van der Waals surface area (Å²) in [6.07, 6.45) is -2.72. The maximum Gasteiger partial charge on any atom is 0.335 e. The van der Waals surface area contributed by atoms with Crippen LogP contribution in [0.3, 0.4) is 0 Å². The molecule has 32 nitrogen and oxygen atoms in total. The van der Waals surface area contributed by atoms with Crippen molar-refractivity contribution in [3.05, 3.63) is 93.0 Å². The van der Waals surface area contributed by atoms with Crippen molar-refractivity contribution in [3.8, 4) is 45.6 Å². The molecule has 2 aliphatic rings. The normalized spacial score (nSPS) is 13.3. The quantitative estimate of drug-likeness (QED) is 0.0334. The van der Waals surface area contributed by atoms with E-state index in [4.69, 9.17) is 102 Å². The van der Waals surface area contributed by atoms with E-state index in [9.17, 15) is 36.5 Å². The molecule has 3 aromatic heterocycles. The Morgan fingerprint density at radius 2 is 0.330 bits per heavy atom. The van der Waals surface area contributed by atoms with Gasteiger partial charge in [-0.2, -0.15) is 0 Å². The van der Waals surface area contributed by atoms with E-state index >= 15 is 0 Å². The molecule has 112 heavy (non-hydrogen) atoms. The van der Waals surface area contributed by atoms with Crippen LogP contribution in [0.25, 0.3) is 89.7 Å². The fraction of sp³-hybridized carbons (Fsp3) is 0.556. The van der Waals surface area contributed by atoms with Crippen LogP contribution in [0, 0.1) is 0 Å². The third-order valence-electron chi connectivity index (χ3n) is 17.2. The molecule has 618 valence electrons. The second-order valence-electron chi connectivity index (χ2n) is 25.1. The van der Waals surface area contributed by atoms with Crippen LogP contribution in [-0.2, 0) is 158 Å². The first-order valence-corrected chi connectivity index (χ1v) is 51.8. The van der Waals surface area contributed by atoms with E-state index in [2.05, 4.69) is 9.97 Å². The topological polar surface area (TPSA) is 393 Å². The maximum absolute atomic E-state index is 15.0. The lowest BCUT2D eigenvalue weighted by atomic mass is 10.0. The van der Waals surface area contributed by atoms with E-state index in [-0.39, 0.29) is 201 Å². The van der Waals surface area contributed by atoms with E-state index in [1.807, 2.05) is 0 Å². The Labute approximate surface area is 654 Å². The molecule has 0 unspecified atom stereocenters. The van der Waals surface area contributed by atoms with Crippen molar-refractivity contribution in [3.63, 3.8) is 0 Å². The summed E-state index contributed by atoms with van der Waals surface area (Å²) in [6.45, 7) is 27.1. The molecule has 2 N–H and O–H groups in total. The Bertz CT molecular complexity index is 4410. The van der Waals surface area contributed by atoms with Crippen LogP contribution in [0.5, 0.6) is 0 Å². The summed E-state index contributed by atoms with van der Waals surface area (Å²) in [6, 6.07) is 13.7. The van der Waals surface area contributed by atoms with Gasteiger partial charge in [-0.25, -0.2) is 29.9 Å². The second-order valence-corrected chi connectivity index (χ2v) is 41.5. The van der Waals surface area contributed by atoms with Gasteiger partial charge in [0.25, 0.3) is 0 Å². The van der Waals surface area contributed by atoms with Crippen LogP contribution in [-0.4, -0.2) is 146 Å². The summed E-state index contributed by atoms with van der Waals surface area (Å²) < 4.78 is 215. The molecule has 0 fully saturated rings. The van der Waals surface area contributed by atoms with Crippen molar-refractivity contribution in [2.24, 2.45) is 0 Å². The SMILES string of the molecule is CCOP(=O)(Cc1cc2c(cc1CP(=O)(OCC)OCC)-c1nc-2nc2[nH]c(nc3nc(nc4[nH]c(n1)c1cc(CP(=O)(OCC)OCC)c(CP(=O)(OCC)OCC)cc41)-c1cc(CP(=O)(OCC)OCC)c(CP(=O)(OCC)OCC)cc1-3)c1cc(CP(=O)(OCC)OCC)c(CP(=O)(OCC)OCC)cc21)OCC. The van der Waals surface area contributed by atoms with Crippen LogP contribution in [0.1, 0.15) is 155 Å². The van der Waals surface area contributed by atoms with Gasteiger partial charge in [0.05, 0.1) is 155 Å². The van der Waals surface area contributed by atoms with Crippen molar-refractivity contribution in [1.29, 1.82) is 0 Å². The second kappa shape index (κ2) is 40.3. The van der Waals surface area contributed by atoms with Crippen molar-refractivity contribution < 1.29 is 109 Å². The molecular weight excluding hydrogens is 1610 g/mol. The largest absolute Gasteiger partial charge is 0.335 e. The first-order chi connectivity index (χ1) is 53.5. The molecule has 0 aliphatic carbocycles. The van der Waals surface area contributed by atoms with Crippen LogP contribution in [0.4, 0.5) is 0 Å². The lowest BCUT2D eigenvalue weighted by Crippen LogP contribution is -2.05. The third kappa shape index (κ3) is 22.2. The van der Waals surface area contributed by atoms with Gasteiger partial charge in [-0.15, -0.1) is 0 Å². The first kappa shape index (κ1) is 91.3. The minimum absolute atomic E-state index is 0.00222. The van der Waals surface area contributed by atoms with Gasteiger partial charge in [-0.3, -0.25) is 36.5 Å². The summed E-state index contributed by atoms with van der Waals surface area (Å²) in [5.41, 5.74) is 4.32. The Hall–Kier alpha value is -4.56. The number of benzene rings is 4. The van der Waals surface area contributed by atoms with E-state index in [0.717, 1.165) is 0 Å². The molecule has 0 spiro atoms. The van der Waals surface area contributed by atoms with E-state index in [0.29, 0.717) is 88.3 Å². The minimum Gasteiger partial charge on any atom is -0.324 e. The number of aromatic amines is 2. The predicted octanol–water partition coefficient (Wildman–Crippen LogP) is 21.0. The highest BCUT2D eigenvalue weighted by molar-refractivity contribution is 7.55. The molecular formula is C72H106N8O24P8. The molecule has 0 radical (unpaired) electrons. The number of hydrogen-bond acceptors (Lipinski definition) is 30. The van der Waals surface area contributed by atoms with Gasteiger partial charge in [-0.05, 0) is 204 Å². The lowest BCUT2D eigenvalue weighted by Gasteiger charge is -2.22. The molecule has 2 aliphatic heterocycles. The molecule has 0 saturated heterocycles. The zero-order chi connectivity index (χ0) is 81.5. The zero-order valence-electron chi connectivity index (χ0n) is 66.6. The number of aromatic nitrogens is 8. The Kier molecular flexibility index (Phi) is 32.8. The van der Waals surface area contributed by atoms with Crippen LogP contribution in [0.2, 0.25) is 0 Å². The van der Waals surface area contributed by atoms with Gasteiger partial charge < -0.3 is 82.3 Å². The maximum atomic E-state index is 15.0. The van der Waals surface area contributed by atoms with Crippen molar-refractivity contribution in [1.82, 2.24) is 39.9 Å². The number of H-pyrrole nitrogens is 2. The molecule has 5 heterocycles. The van der Waals surface area contributed by atoms with Gasteiger partial charge in [0.2, 0.25) is 0 Å². The number of nitrogens with zero attached hydrogens (tertiary/aromatic N) is 6. The summed E-state index contributed by atoms with van der Waals surface area (Å²) in [7, 11) is -32.1. The highest BCUT2D eigenvalue weighted by Gasteiger charge is 2.39. The number of nitrogens with one attached hydrogen (secondary N) is 2. The summed E-state index contributed by atoms with van der Waals surface area (Å²) in [5.74, 6) is 0.00888. The van der Waals surface area contributed by atoms with Crippen LogP contribution in [0.15, 0.2) is 48.5 Å².